The molecule has 2 heterocycles. The number of imidazole rings is 1. The first-order chi connectivity index (χ1) is 12.3. The highest BCUT2D eigenvalue weighted by Gasteiger charge is 2.23. The molecule has 3 nitrogen and oxygen atoms in total. The second kappa shape index (κ2) is 7.40. The quantitative estimate of drug-likeness (QED) is 0.668. The number of fused-ring (bicyclic) bond motifs is 1. The molecule has 1 atom stereocenters. The second-order valence-corrected chi connectivity index (χ2v) is 7.16. The molecule has 1 aliphatic heterocycles. The molecule has 3 aromatic rings. The highest BCUT2D eigenvalue weighted by molar-refractivity contribution is 5.76. The number of rotatable bonds is 4. The lowest BCUT2D eigenvalue weighted by Crippen LogP contribution is -2.30. The van der Waals surface area contributed by atoms with Crippen molar-refractivity contribution in [3.8, 4) is 0 Å². The molecule has 130 valence electrons. The van der Waals surface area contributed by atoms with Crippen molar-refractivity contribution in [3.63, 3.8) is 0 Å². The number of aromatic nitrogens is 2. The van der Waals surface area contributed by atoms with Crippen LogP contribution in [0.15, 0.2) is 54.6 Å². The Morgan fingerprint density at radius 3 is 2.32 bits per heavy atom. The Morgan fingerprint density at radius 1 is 0.880 bits per heavy atom. The number of likely N-dealkylation sites (tertiary alicyclic amines) is 1. The molecule has 1 unspecified atom stereocenters. The van der Waals surface area contributed by atoms with Crippen molar-refractivity contribution in [1.82, 2.24) is 14.5 Å². The van der Waals surface area contributed by atoms with Crippen LogP contribution in [-0.4, -0.2) is 27.5 Å². The van der Waals surface area contributed by atoms with E-state index < -0.39 is 0 Å². The SMILES string of the molecule is CC(c1nc2ccccc2n1Cc1ccccc1)N1CCCCCC1. The van der Waals surface area contributed by atoms with Crippen LogP contribution in [0.4, 0.5) is 0 Å². The maximum Gasteiger partial charge on any atom is 0.127 e. The van der Waals surface area contributed by atoms with Gasteiger partial charge in [0.1, 0.15) is 5.82 Å². The Kier molecular flexibility index (Phi) is 4.84. The molecule has 0 spiro atoms. The topological polar surface area (TPSA) is 21.1 Å². The van der Waals surface area contributed by atoms with E-state index in [0.717, 1.165) is 12.1 Å². The molecule has 4 rings (SSSR count). The summed E-state index contributed by atoms with van der Waals surface area (Å²) < 4.78 is 2.42. The summed E-state index contributed by atoms with van der Waals surface area (Å²) in [6, 6.07) is 19.6. The van der Waals surface area contributed by atoms with Gasteiger partial charge in [0.25, 0.3) is 0 Å². The van der Waals surface area contributed by atoms with Crippen molar-refractivity contribution in [3.05, 3.63) is 66.0 Å². The Hall–Kier alpha value is -2.13. The van der Waals surface area contributed by atoms with E-state index in [-0.39, 0.29) is 0 Å². The maximum atomic E-state index is 5.04. The first-order valence-corrected chi connectivity index (χ1v) is 9.56. The van der Waals surface area contributed by atoms with E-state index in [9.17, 15) is 0 Å². The van der Waals surface area contributed by atoms with Gasteiger partial charge in [0.05, 0.1) is 17.1 Å². The zero-order valence-electron chi connectivity index (χ0n) is 15.1. The van der Waals surface area contributed by atoms with Gasteiger partial charge in [-0.2, -0.15) is 0 Å². The molecule has 0 aliphatic carbocycles. The van der Waals surface area contributed by atoms with Crippen molar-refractivity contribution in [2.45, 2.75) is 45.2 Å². The maximum absolute atomic E-state index is 5.04. The monoisotopic (exact) mass is 333 g/mol. The third-order valence-electron chi connectivity index (χ3n) is 5.43. The van der Waals surface area contributed by atoms with Crippen LogP contribution in [0.2, 0.25) is 0 Å². The summed E-state index contributed by atoms with van der Waals surface area (Å²) in [7, 11) is 0. The van der Waals surface area contributed by atoms with Crippen molar-refractivity contribution in [2.24, 2.45) is 0 Å². The molecule has 0 radical (unpaired) electrons. The van der Waals surface area contributed by atoms with Crippen LogP contribution >= 0.6 is 0 Å². The van der Waals surface area contributed by atoms with Gasteiger partial charge in [-0.15, -0.1) is 0 Å². The summed E-state index contributed by atoms with van der Waals surface area (Å²) in [5.41, 5.74) is 3.67. The molecule has 1 saturated heterocycles. The lowest BCUT2D eigenvalue weighted by molar-refractivity contribution is 0.208. The Labute approximate surface area is 150 Å². The lowest BCUT2D eigenvalue weighted by atomic mass is 10.2. The van der Waals surface area contributed by atoms with Crippen LogP contribution in [0.25, 0.3) is 11.0 Å². The minimum Gasteiger partial charge on any atom is -0.322 e. The normalized spacial score (nSPS) is 17.5. The fourth-order valence-corrected chi connectivity index (χ4v) is 3.99. The molecule has 1 aromatic heterocycles. The summed E-state index contributed by atoms with van der Waals surface area (Å²) in [5.74, 6) is 1.20. The van der Waals surface area contributed by atoms with Crippen LogP contribution in [0, 0.1) is 0 Å². The molecule has 25 heavy (non-hydrogen) atoms. The van der Waals surface area contributed by atoms with Gasteiger partial charge in [0, 0.05) is 6.54 Å². The lowest BCUT2D eigenvalue weighted by Gasteiger charge is -2.27. The van der Waals surface area contributed by atoms with Gasteiger partial charge in [-0.25, -0.2) is 4.98 Å². The molecule has 0 bridgehead atoms. The Balaban J connectivity index is 1.73. The van der Waals surface area contributed by atoms with Crippen LogP contribution in [-0.2, 0) is 6.54 Å². The third-order valence-corrected chi connectivity index (χ3v) is 5.43. The molecule has 0 saturated carbocycles. The van der Waals surface area contributed by atoms with Gasteiger partial charge < -0.3 is 4.57 Å². The fourth-order valence-electron chi connectivity index (χ4n) is 3.99. The van der Waals surface area contributed by atoms with Gasteiger partial charge >= 0.3 is 0 Å². The van der Waals surface area contributed by atoms with Crippen molar-refractivity contribution < 1.29 is 0 Å². The van der Waals surface area contributed by atoms with Gasteiger partial charge in [0.15, 0.2) is 0 Å². The van der Waals surface area contributed by atoms with E-state index in [4.69, 9.17) is 4.98 Å². The second-order valence-electron chi connectivity index (χ2n) is 7.16. The van der Waals surface area contributed by atoms with Crippen LogP contribution in [0.5, 0.6) is 0 Å². The fraction of sp³-hybridized carbons (Fsp3) is 0.409. The number of nitrogens with zero attached hydrogens (tertiary/aromatic N) is 3. The van der Waals surface area contributed by atoms with E-state index >= 15 is 0 Å². The van der Waals surface area contributed by atoms with Crippen LogP contribution in [0.3, 0.4) is 0 Å². The van der Waals surface area contributed by atoms with E-state index in [1.165, 1.54) is 55.7 Å². The van der Waals surface area contributed by atoms with E-state index in [1.54, 1.807) is 0 Å². The number of benzene rings is 2. The minimum absolute atomic E-state index is 0.356. The summed E-state index contributed by atoms with van der Waals surface area (Å²) in [5, 5.41) is 0. The van der Waals surface area contributed by atoms with E-state index in [0.29, 0.717) is 6.04 Å². The molecule has 0 amide bonds. The third kappa shape index (κ3) is 3.47. The van der Waals surface area contributed by atoms with Crippen molar-refractivity contribution >= 4 is 11.0 Å². The highest BCUT2D eigenvalue weighted by Crippen LogP contribution is 2.27. The largest absolute Gasteiger partial charge is 0.322 e. The molecule has 0 N–H and O–H groups in total. The predicted molar refractivity (Wildman–Crippen MR) is 104 cm³/mol. The smallest absolute Gasteiger partial charge is 0.127 e. The van der Waals surface area contributed by atoms with Gasteiger partial charge in [-0.1, -0.05) is 55.3 Å². The minimum atomic E-state index is 0.356. The van der Waals surface area contributed by atoms with Crippen LogP contribution in [0.1, 0.15) is 50.0 Å². The zero-order chi connectivity index (χ0) is 17.1. The van der Waals surface area contributed by atoms with Gasteiger partial charge in [0.2, 0.25) is 0 Å². The average Bonchev–Trinajstić information content (AvgIpc) is 2.83. The molecule has 3 heteroatoms. The first kappa shape index (κ1) is 16.3. The zero-order valence-corrected chi connectivity index (χ0v) is 15.1. The van der Waals surface area contributed by atoms with Crippen molar-refractivity contribution in [2.75, 3.05) is 13.1 Å². The molecular formula is C22H27N3. The number of hydrogen-bond donors (Lipinski definition) is 0. The van der Waals surface area contributed by atoms with Gasteiger partial charge in [-0.3, -0.25) is 4.90 Å². The molecular weight excluding hydrogens is 306 g/mol. The van der Waals surface area contributed by atoms with Crippen LogP contribution < -0.4 is 0 Å². The molecule has 1 fully saturated rings. The summed E-state index contributed by atoms with van der Waals surface area (Å²) in [6.07, 6.45) is 5.35. The van der Waals surface area contributed by atoms with Crippen molar-refractivity contribution in [1.29, 1.82) is 0 Å². The average molecular weight is 333 g/mol. The Morgan fingerprint density at radius 2 is 1.56 bits per heavy atom. The van der Waals surface area contributed by atoms with E-state index in [2.05, 4.69) is 71.0 Å². The number of hydrogen-bond acceptors (Lipinski definition) is 2. The summed E-state index contributed by atoms with van der Waals surface area (Å²) in [4.78, 5) is 7.66. The number of para-hydroxylation sites is 2. The first-order valence-electron chi connectivity index (χ1n) is 9.56. The van der Waals surface area contributed by atoms with Gasteiger partial charge in [-0.05, 0) is 50.6 Å². The predicted octanol–water partition coefficient (Wildman–Crippen LogP) is 5.02. The Bertz CT molecular complexity index is 814. The standard InChI is InChI=1S/C22H27N3/c1-18(24-15-9-2-3-10-16-24)22-23-20-13-7-8-14-21(20)25(22)17-19-11-5-4-6-12-19/h4-8,11-14,18H,2-3,9-10,15-17H2,1H3. The van der Waals surface area contributed by atoms with E-state index in [1.807, 2.05) is 0 Å². The molecule has 1 aliphatic rings. The highest BCUT2D eigenvalue weighted by atomic mass is 15.2. The molecule has 2 aromatic carbocycles. The summed E-state index contributed by atoms with van der Waals surface area (Å²) in [6.45, 7) is 5.59. The summed E-state index contributed by atoms with van der Waals surface area (Å²) >= 11 is 0.